The fraction of sp³-hybridized carbons (Fsp3) is 0.333. The molecule has 0 N–H and O–H groups in total. The summed E-state index contributed by atoms with van der Waals surface area (Å²) in [5.41, 5.74) is 0.000129. The van der Waals surface area contributed by atoms with Gasteiger partial charge in [0.1, 0.15) is 5.82 Å². The summed E-state index contributed by atoms with van der Waals surface area (Å²) in [6, 6.07) is 6.40. The van der Waals surface area contributed by atoms with Crippen LogP contribution in [0.4, 0.5) is 4.39 Å². The molecule has 0 aliphatic heterocycles. The minimum Gasteiger partial charge on any atom is -0.340 e. The van der Waals surface area contributed by atoms with Crippen molar-refractivity contribution in [2.24, 2.45) is 5.92 Å². The third kappa shape index (κ3) is 3.27. The number of rotatable bonds is 3. The van der Waals surface area contributed by atoms with E-state index in [0.717, 1.165) is 0 Å². The zero-order valence-electron chi connectivity index (χ0n) is 9.58. The quantitative estimate of drug-likeness (QED) is 0.861. The molecule has 1 aromatic rings. The first-order valence-electron chi connectivity index (χ1n) is 5.06. The normalized spacial score (nSPS) is 11.7. The van der Waals surface area contributed by atoms with Crippen LogP contribution in [0.2, 0.25) is 0 Å². The van der Waals surface area contributed by atoms with Crippen LogP contribution in [0.15, 0.2) is 22.7 Å². The van der Waals surface area contributed by atoms with Crippen molar-refractivity contribution in [3.63, 3.8) is 0 Å². The summed E-state index contributed by atoms with van der Waals surface area (Å²) in [4.78, 5) is 13.3. The van der Waals surface area contributed by atoms with E-state index in [4.69, 9.17) is 5.26 Å². The molecule has 17 heavy (non-hydrogen) atoms. The van der Waals surface area contributed by atoms with Crippen LogP contribution in [0.3, 0.4) is 0 Å². The van der Waals surface area contributed by atoms with Crippen molar-refractivity contribution in [2.75, 3.05) is 13.6 Å². The van der Waals surface area contributed by atoms with Crippen LogP contribution in [-0.4, -0.2) is 24.4 Å². The first-order chi connectivity index (χ1) is 7.97. The Bertz CT molecular complexity index is 450. The lowest BCUT2D eigenvalue weighted by Gasteiger charge is -2.19. The zero-order valence-corrected chi connectivity index (χ0v) is 11.2. The van der Waals surface area contributed by atoms with Crippen LogP contribution in [-0.2, 0) is 0 Å². The van der Waals surface area contributed by atoms with E-state index in [-0.39, 0.29) is 18.0 Å². The van der Waals surface area contributed by atoms with Gasteiger partial charge in [0.2, 0.25) is 0 Å². The monoisotopic (exact) mass is 298 g/mol. The second-order valence-corrected chi connectivity index (χ2v) is 4.67. The van der Waals surface area contributed by atoms with Gasteiger partial charge in [0.05, 0.1) is 17.6 Å². The predicted molar refractivity (Wildman–Crippen MR) is 65.8 cm³/mol. The molecule has 1 unspecified atom stereocenters. The van der Waals surface area contributed by atoms with Crippen LogP contribution in [0, 0.1) is 23.1 Å². The molecule has 0 saturated carbocycles. The van der Waals surface area contributed by atoms with Gasteiger partial charge in [-0.1, -0.05) is 6.07 Å². The smallest absolute Gasteiger partial charge is 0.257 e. The molecule has 0 spiro atoms. The molecule has 3 nitrogen and oxygen atoms in total. The van der Waals surface area contributed by atoms with E-state index in [0.29, 0.717) is 4.47 Å². The number of amides is 1. The standard InChI is InChI=1S/C12H12BrFN2O/c1-8(6-15)7-16(2)12(17)11-9(13)4-3-5-10(11)14/h3-5,8H,7H2,1-2H3. The summed E-state index contributed by atoms with van der Waals surface area (Å²) in [5.74, 6) is -1.28. The van der Waals surface area contributed by atoms with E-state index in [1.807, 2.05) is 6.07 Å². The maximum Gasteiger partial charge on any atom is 0.257 e. The highest BCUT2D eigenvalue weighted by Crippen LogP contribution is 2.21. The van der Waals surface area contributed by atoms with E-state index >= 15 is 0 Å². The highest BCUT2D eigenvalue weighted by Gasteiger charge is 2.20. The van der Waals surface area contributed by atoms with Gasteiger partial charge in [-0.05, 0) is 35.0 Å². The van der Waals surface area contributed by atoms with E-state index in [9.17, 15) is 9.18 Å². The summed E-state index contributed by atoms with van der Waals surface area (Å²) in [6.45, 7) is 1.98. The van der Waals surface area contributed by atoms with Crippen LogP contribution in [0.25, 0.3) is 0 Å². The molecule has 1 atom stereocenters. The number of benzene rings is 1. The van der Waals surface area contributed by atoms with E-state index in [1.165, 1.54) is 17.0 Å². The average Bonchev–Trinajstić information content (AvgIpc) is 2.28. The highest BCUT2D eigenvalue weighted by atomic mass is 79.9. The minimum absolute atomic E-state index is 0.000129. The number of hydrogen-bond acceptors (Lipinski definition) is 2. The van der Waals surface area contributed by atoms with Crippen molar-refractivity contribution >= 4 is 21.8 Å². The van der Waals surface area contributed by atoms with Gasteiger partial charge < -0.3 is 4.90 Å². The molecule has 0 saturated heterocycles. The third-order valence-electron chi connectivity index (χ3n) is 2.29. The molecule has 0 aliphatic rings. The maximum absolute atomic E-state index is 13.5. The van der Waals surface area contributed by atoms with Crippen molar-refractivity contribution in [2.45, 2.75) is 6.92 Å². The molecule has 1 rings (SSSR count). The summed E-state index contributed by atoms with van der Waals surface area (Å²) in [6.07, 6.45) is 0. The van der Waals surface area contributed by atoms with Crippen LogP contribution < -0.4 is 0 Å². The summed E-state index contributed by atoms with van der Waals surface area (Å²) in [5, 5.41) is 8.67. The Morgan fingerprint density at radius 3 is 2.82 bits per heavy atom. The molecule has 0 aromatic heterocycles. The molecule has 5 heteroatoms. The SMILES string of the molecule is CC(C#N)CN(C)C(=O)c1c(F)cccc1Br. The summed E-state index contributed by atoms with van der Waals surface area (Å²) in [7, 11) is 1.55. The second kappa shape index (κ2) is 5.78. The number of nitrogens with zero attached hydrogens (tertiary/aromatic N) is 2. The lowest BCUT2D eigenvalue weighted by molar-refractivity contribution is 0.0779. The molecular weight excluding hydrogens is 287 g/mol. The fourth-order valence-corrected chi connectivity index (χ4v) is 1.94. The number of hydrogen-bond donors (Lipinski definition) is 0. The first-order valence-corrected chi connectivity index (χ1v) is 5.85. The number of carbonyl (C=O) groups is 1. The zero-order chi connectivity index (χ0) is 13.0. The molecule has 0 radical (unpaired) electrons. The Morgan fingerprint density at radius 1 is 1.65 bits per heavy atom. The predicted octanol–water partition coefficient (Wildman–Crippen LogP) is 2.82. The Morgan fingerprint density at radius 2 is 2.29 bits per heavy atom. The molecular formula is C12H12BrFN2O. The third-order valence-corrected chi connectivity index (χ3v) is 2.95. The molecule has 0 aliphatic carbocycles. The molecule has 0 heterocycles. The Labute approximate surface area is 108 Å². The lowest BCUT2D eigenvalue weighted by atomic mass is 10.1. The van der Waals surface area contributed by atoms with Gasteiger partial charge in [-0.3, -0.25) is 4.79 Å². The second-order valence-electron chi connectivity index (χ2n) is 3.81. The van der Waals surface area contributed by atoms with Crippen molar-refractivity contribution in [1.82, 2.24) is 4.90 Å². The maximum atomic E-state index is 13.5. The number of nitriles is 1. The van der Waals surface area contributed by atoms with Gasteiger partial charge in [0.25, 0.3) is 5.91 Å². The van der Waals surface area contributed by atoms with E-state index in [2.05, 4.69) is 15.9 Å². The van der Waals surface area contributed by atoms with Gasteiger partial charge >= 0.3 is 0 Å². The molecule has 90 valence electrons. The molecule has 0 bridgehead atoms. The highest BCUT2D eigenvalue weighted by molar-refractivity contribution is 9.10. The molecule has 1 aromatic carbocycles. The van der Waals surface area contributed by atoms with Gasteiger partial charge in [0.15, 0.2) is 0 Å². The van der Waals surface area contributed by atoms with Gasteiger partial charge in [-0.25, -0.2) is 4.39 Å². The molecule has 0 fully saturated rings. The van der Waals surface area contributed by atoms with Gasteiger partial charge in [-0.15, -0.1) is 0 Å². The largest absolute Gasteiger partial charge is 0.340 e. The minimum atomic E-state index is -0.569. The van der Waals surface area contributed by atoms with E-state index < -0.39 is 11.7 Å². The van der Waals surface area contributed by atoms with Crippen LogP contribution in [0.5, 0.6) is 0 Å². The Kier molecular flexibility index (Phi) is 4.64. The average molecular weight is 299 g/mol. The number of halogens is 2. The van der Waals surface area contributed by atoms with Crippen molar-refractivity contribution in [1.29, 1.82) is 5.26 Å². The van der Waals surface area contributed by atoms with Crippen molar-refractivity contribution < 1.29 is 9.18 Å². The van der Waals surface area contributed by atoms with E-state index in [1.54, 1.807) is 20.0 Å². The molecule has 1 amide bonds. The van der Waals surface area contributed by atoms with Crippen molar-refractivity contribution in [3.05, 3.63) is 34.1 Å². The van der Waals surface area contributed by atoms with Crippen LogP contribution >= 0.6 is 15.9 Å². The van der Waals surface area contributed by atoms with Crippen LogP contribution in [0.1, 0.15) is 17.3 Å². The number of carbonyl (C=O) groups excluding carboxylic acids is 1. The van der Waals surface area contributed by atoms with Gasteiger partial charge in [0, 0.05) is 18.1 Å². The fourth-order valence-electron chi connectivity index (χ4n) is 1.43. The topological polar surface area (TPSA) is 44.1 Å². The summed E-state index contributed by atoms with van der Waals surface area (Å²) < 4.78 is 14.0. The summed E-state index contributed by atoms with van der Waals surface area (Å²) >= 11 is 3.15. The Hall–Kier alpha value is -1.41. The Balaban J connectivity index is 2.94. The first kappa shape index (κ1) is 13.7. The lowest BCUT2D eigenvalue weighted by Crippen LogP contribution is -2.31. The van der Waals surface area contributed by atoms with Gasteiger partial charge in [-0.2, -0.15) is 5.26 Å². The van der Waals surface area contributed by atoms with Crippen molar-refractivity contribution in [3.8, 4) is 6.07 Å².